The average Bonchev–Trinajstić information content (AvgIpc) is 2.38. The Morgan fingerprint density at radius 3 is 2.42 bits per heavy atom. The summed E-state index contributed by atoms with van der Waals surface area (Å²) in [7, 11) is 1.76. The average molecular weight is 270 g/mol. The standard InChI is InChI=1S/C14H26N2O3/c1-5-14(3,12(17)18)15-13(19)16(4)11-9-7-6-8-10(11)2/h10-11H,5-9H2,1-4H3,(H,15,19)(H,17,18). The summed E-state index contributed by atoms with van der Waals surface area (Å²) < 4.78 is 0. The molecule has 2 amide bonds. The van der Waals surface area contributed by atoms with Gasteiger partial charge in [0.25, 0.3) is 0 Å². The number of nitrogens with zero attached hydrogens (tertiary/aromatic N) is 1. The number of amides is 2. The first-order chi connectivity index (χ1) is 8.81. The van der Waals surface area contributed by atoms with Crippen LogP contribution in [0.15, 0.2) is 0 Å². The predicted molar refractivity (Wildman–Crippen MR) is 74.0 cm³/mol. The van der Waals surface area contributed by atoms with E-state index < -0.39 is 11.5 Å². The molecule has 110 valence electrons. The number of aliphatic carboxylic acids is 1. The molecule has 1 aliphatic rings. The Kier molecular flexibility index (Phi) is 5.20. The first-order valence-corrected chi connectivity index (χ1v) is 7.10. The van der Waals surface area contributed by atoms with Crippen LogP contribution in [0.5, 0.6) is 0 Å². The number of nitrogens with one attached hydrogen (secondary N) is 1. The molecular formula is C14H26N2O3. The van der Waals surface area contributed by atoms with E-state index in [4.69, 9.17) is 0 Å². The molecule has 0 saturated heterocycles. The molecule has 0 bridgehead atoms. The number of carbonyl (C=O) groups is 2. The molecule has 0 aliphatic heterocycles. The van der Waals surface area contributed by atoms with E-state index in [2.05, 4.69) is 12.2 Å². The summed E-state index contributed by atoms with van der Waals surface area (Å²) in [6.07, 6.45) is 4.85. The minimum Gasteiger partial charge on any atom is -0.480 e. The minimum absolute atomic E-state index is 0.212. The van der Waals surface area contributed by atoms with E-state index in [1.807, 2.05) is 0 Å². The fourth-order valence-corrected chi connectivity index (χ4v) is 2.64. The van der Waals surface area contributed by atoms with E-state index in [9.17, 15) is 14.7 Å². The maximum atomic E-state index is 12.2. The molecule has 0 aromatic rings. The number of hydrogen-bond acceptors (Lipinski definition) is 2. The van der Waals surface area contributed by atoms with Crippen LogP contribution >= 0.6 is 0 Å². The summed E-state index contributed by atoms with van der Waals surface area (Å²) in [5, 5.41) is 11.8. The number of rotatable bonds is 4. The van der Waals surface area contributed by atoms with Gasteiger partial charge in [-0.05, 0) is 32.1 Å². The van der Waals surface area contributed by atoms with Gasteiger partial charge in [0.15, 0.2) is 0 Å². The van der Waals surface area contributed by atoms with Crippen molar-refractivity contribution in [3.8, 4) is 0 Å². The molecule has 1 saturated carbocycles. The van der Waals surface area contributed by atoms with Crippen LogP contribution in [0.3, 0.4) is 0 Å². The number of carboxylic acids is 1. The molecule has 1 aliphatic carbocycles. The van der Waals surface area contributed by atoms with Crippen LogP contribution < -0.4 is 5.32 Å². The molecule has 5 heteroatoms. The van der Waals surface area contributed by atoms with Gasteiger partial charge in [-0.3, -0.25) is 0 Å². The third-order valence-corrected chi connectivity index (χ3v) is 4.45. The number of hydrogen-bond donors (Lipinski definition) is 2. The van der Waals surface area contributed by atoms with Gasteiger partial charge in [0, 0.05) is 13.1 Å². The lowest BCUT2D eigenvalue weighted by Crippen LogP contribution is -2.57. The van der Waals surface area contributed by atoms with Crippen LogP contribution in [0.2, 0.25) is 0 Å². The Morgan fingerprint density at radius 1 is 1.37 bits per heavy atom. The molecule has 3 atom stereocenters. The smallest absolute Gasteiger partial charge is 0.329 e. The van der Waals surface area contributed by atoms with E-state index in [0.717, 1.165) is 19.3 Å². The zero-order valence-corrected chi connectivity index (χ0v) is 12.4. The van der Waals surface area contributed by atoms with Gasteiger partial charge in [-0.1, -0.05) is 26.7 Å². The van der Waals surface area contributed by atoms with Crippen LogP contribution in [0.25, 0.3) is 0 Å². The molecule has 0 radical (unpaired) electrons. The maximum absolute atomic E-state index is 12.2. The molecule has 19 heavy (non-hydrogen) atoms. The summed E-state index contributed by atoms with van der Waals surface area (Å²) in [4.78, 5) is 25.1. The zero-order valence-electron chi connectivity index (χ0n) is 12.4. The highest BCUT2D eigenvalue weighted by Crippen LogP contribution is 2.27. The fraction of sp³-hybridized carbons (Fsp3) is 0.857. The highest BCUT2D eigenvalue weighted by Gasteiger charge is 2.36. The molecule has 0 aromatic heterocycles. The van der Waals surface area contributed by atoms with Crippen molar-refractivity contribution in [3.63, 3.8) is 0 Å². The summed E-state index contributed by atoms with van der Waals surface area (Å²) >= 11 is 0. The SMILES string of the molecule is CCC(C)(NC(=O)N(C)C1CCCCC1C)C(=O)O. The second kappa shape index (κ2) is 6.26. The molecule has 0 aromatic carbocycles. The highest BCUT2D eigenvalue weighted by atomic mass is 16.4. The lowest BCUT2D eigenvalue weighted by atomic mass is 9.85. The van der Waals surface area contributed by atoms with Crippen LogP contribution in [-0.4, -0.2) is 40.6 Å². The van der Waals surface area contributed by atoms with Gasteiger partial charge in [-0.25, -0.2) is 9.59 Å². The van der Waals surface area contributed by atoms with Gasteiger partial charge in [-0.2, -0.15) is 0 Å². The van der Waals surface area contributed by atoms with Crippen molar-refractivity contribution in [2.24, 2.45) is 5.92 Å². The van der Waals surface area contributed by atoms with Crippen molar-refractivity contribution >= 4 is 12.0 Å². The van der Waals surface area contributed by atoms with Crippen molar-refractivity contribution < 1.29 is 14.7 Å². The Bertz CT molecular complexity index is 346. The zero-order chi connectivity index (χ0) is 14.6. The molecule has 1 rings (SSSR count). The van der Waals surface area contributed by atoms with Crippen LogP contribution in [-0.2, 0) is 4.79 Å². The van der Waals surface area contributed by atoms with Crippen molar-refractivity contribution in [1.29, 1.82) is 0 Å². The quantitative estimate of drug-likeness (QED) is 0.824. The third-order valence-electron chi connectivity index (χ3n) is 4.45. The molecule has 0 spiro atoms. The van der Waals surface area contributed by atoms with Crippen molar-refractivity contribution in [2.75, 3.05) is 7.05 Å². The third kappa shape index (κ3) is 3.61. The first-order valence-electron chi connectivity index (χ1n) is 7.10. The summed E-state index contributed by atoms with van der Waals surface area (Å²) in [5.74, 6) is -0.518. The monoisotopic (exact) mass is 270 g/mol. The van der Waals surface area contributed by atoms with Crippen LogP contribution in [0.1, 0.15) is 52.9 Å². The maximum Gasteiger partial charge on any atom is 0.329 e. The van der Waals surface area contributed by atoms with E-state index in [0.29, 0.717) is 12.3 Å². The second-order valence-corrected chi connectivity index (χ2v) is 5.86. The van der Waals surface area contributed by atoms with Crippen LogP contribution in [0.4, 0.5) is 4.79 Å². The van der Waals surface area contributed by atoms with E-state index >= 15 is 0 Å². The van der Waals surface area contributed by atoms with Gasteiger partial charge < -0.3 is 15.3 Å². The summed E-state index contributed by atoms with van der Waals surface area (Å²) in [6.45, 7) is 5.47. The molecule has 3 unspecified atom stereocenters. The predicted octanol–water partition coefficient (Wildman–Crippen LogP) is 2.46. The van der Waals surface area contributed by atoms with Gasteiger partial charge in [0.2, 0.25) is 0 Å². The first kappa shape index (κ1) is 15.8. The number of carbonyl (C=O) groups excluding carboxylic acids is 1. The van der Waals surface area contributed by atoms with Crippen molar-refractivity contribution in [1.82, 2.24) is 10.2 Å². The molecule has 5 nitrogen and oxygen atoms in total. The largest absolute Gasteiger partial charge is 0.480 e. The van der Waals surface area contributed by atoms with Crippen LogP contribution in [0, 0.1) is 5.92 Å². The second-order valence-electron chi connectivity index (χ2n) is 5.86. The Hall–Kier alpha value is -1.26. The Morgan fingerprint density at radius 2 is 1.95 bits per heavy atom. The number of carboxylic acid groups (broad SMARTS) is 1. The molecule has 1 fully saturated rings. The molecule has 0 heterocycles. The van der Waals surface area contributed by atoms with E-state index in [-0.39, 0.29) is 12.1 Å². The lowest BCUT2D eigenvalue weighted by molar-refractivity contribution is -0.143. The molecule has 2 N–H and O–H groups in total. The fourth-order valence-electron chi connectivity index (χ4n) is 2.64. The van der Waals surface area contributed by atoms with E-state index in [1.165, 1.54) is 6.42 Å². The highest BCUT2D eigenvalue weighted by molar-refractivity contribution is 5.85. The van der Waals surface area contributed by atoms with Crippen molar-refractivity contribution in [2.45, 2.75) is 64.5 Å². The normalized spacial score (nSPS) is 26.3. The minimum atomic E-state index is -1.19. The summed E-state index contributed by atoms with van der Waals surface area (Å²) in [6, 6.07) is -0.0749. The number of urea groups is 1. The Labute approximate surface area is 115 Å². The Balaban J connectivity index is 2.69. The van der Waals surface area contributed by atoms with Crippen molar-refractivity contribution in [3.05, 3.63) is 0 Å². The van der Waals surface area contributed by atoms with Gasteiger partial charge >= 0.3 is 12.0 Å². The van der Waals surface area contributed by atoms with Gasteiger partial charge in [0.05, 0.1) is 0 Å². The lowest BCUT2D eigenvalue weighted by Gasteiger charge is -2.38. The van der Waals surface area contributed by atoms with Gasteiger partial charge in [-0.15, -0.1) is 0 Å². The molecular weight excluding hydrogens is 244 g/mol. The topological polar surface area (TPSA) is 69.6 Å². The van der Waals surface area contributed by atoms with E-state index in [1.54, 1.807) is 25.8 Å². The van der Waals surface area contributed by atoms with Gasteiger partial charge in [0.1, 0.15) is 5.54 Å². The summed E-state index contributed by atoms with van der Waals surface area (Å²) in [5.41, 5.74) is -1.19.